The quantitative estimate of drug-likeness (QED) is 0.482. The lowest BCUT2D eigenvalue weighted by Gasteiger charge is -2.06. The Bertz CT molecular complexity index is 1230. The Balaban J connectivity index is 1.58. The average Bonchev–Trinajstić information content (AvgIpc) is 3.34. The van der Waals surface area contributed by atoms with Gasteiger partial charge in [0.15, 0.2) is 0 Å². The first-order valence-electron chi connectivity index (χ1n) is 8.76. The Labute approximate surface area is 156 Å². The molecule has 4 aromatic heterocycles. The first-order valence-corrected chi connectivity index (χ1v) is 8.76. The summed E-state index contributed by atoms with van der Waals surface area (Å²) in [7, 11) is 1.92. The third-order valence-electron chi connectivity index (χ3n) is 4.68. The smallest absolute Gasteiger partial charge is 0.137 e. The molecule has 0 N–H and O–H groups in total. The van der Waals surface area contributed by atoms with Gasteiger partial charge >= 0.3 is 0 Å². The van der Waals surface area contributed by atoms with E-state index in [-0.39, 0.29) is 0 Å². The van der Waals surface area contributed by atoms with Gasteiger partial charge in [0, 0.05) is 42.3 Å². The number of hydrogen-bond acceptors (Lipinski definition) is 3. The summed E-state index contributed by atoms with van der Waals surface area (Å²) in [6, 6.07) is 18.5. The van der Waals surface area contributed by atoms with E-state index < -0.39 is 0 Å². The van der Waals surface area contributed by atoms with E-state index in [1.54, 1.807) is 4.68 Å². The van der Waals surface area contributed by atoms with Gasteiger partial charge in [-0.3, -0.25) is 14.1 Å². The fourth-order valence-electron chi connectivity index (χ4n) is 3.30. The lowest BCUT2D eigenvalue weighted by Crippen LogP contribution is -1.90. The Hall–Kier alpha value is -3.73. The van der Waals surface area contributed by atoms with E-state index in [9.17, 15) is 0 Å². The van der Waals surface area contributed by atoms with Gasteiger partial charge < -0.3 is 0 Å². The largest absolute Gasteiger partial charge is 0.300 e. The predicted molar refractivity (Wildman–Crippen MR) is 106 cm³/mol. The minimum atomic E-state index is 0.907. The molecular formula is C22H17N5. The molecule has 5 rings (SSSR count). The fraction of sp³-hybridized carbons (Fsp3) is 0.0455. The average molecular weight is 351 g/mol. The molecule has 5 nitrogen and oxygen atoms in total. The molecule has 5 aromatic rings. The van der Waals surface area contributed by atoms with Gasteiger partial charge in [-0.05, 0) is 29.8 Å². The maximum Gasteiger partial charge on any atom is 0.137 e. The number of nitrogens with zero attached hydrogens (tertiary/aromatic N) is 5. The van der Waals surface area contributed by atoms with Crippen LogP contribution in [0.1, 0.15) is 0 Å². The topological polar surface area (TPSA) is 48.0 Å². The van der Waals surface area contributed by atoms with Crippen LogP contribution in [-0.4, -0.2) is 24.1 Å². The van der Waals surface area contributed by atoms with Gasteiger partial charge in [0.1, 0.15) is 5.65 Å². The van der Waals surface area contributed by atoms with Crippen LogP contribution < -0.4 is 0 Å². The fourth-order valence-corrected chi connectivity index (χ4v) is 3.30. The van der Waals surface area contributed by atoms with Crippen molar-refractivity contribution in [1.82, 2.24) is 24.1 Å². The lowest BCUT2D eigenvalue weighted by molar-refractivity contribution is 0.768. The van der Waals surface area contributed by atoms with Crippen LogP contribution in [0.25, 0.3) is 39.3 Å². The second kappa shape index (κ2) is 6.21. The second-order valence-electron chi connectivity index (χ2n) is 6.49. The summed E-state index contributed by atoms with van der Waals surface area (Å²) in [6.07, 6.45) is 9.69. The van der Waals surface area contributed by atoms with Gasteiger partial charge in [-0.1, -0.05) is 30.3 Å². The van der Waals surface area contributed by atoms with Crippen molar-refractivity contribution in [3.63, 3.8) is 0 Å². The molecule has 5 heteroatoms. The summed E-state index contributed by atoms with van der Waals surface area (Å²) in [5.41, 5.74) is 7.28. The second-order valence-corrected chi connectivity index (χ2v) is 6.49. The molecule has 0 saturated heterocycles. The van der Waals surface area contributed by atoms with Crippen LogP contribution in [0.2, 0.25) is 0 Å². The first kappa shape index (κ1) is 15.5. The van der Waals surface area contributed by atoms with Gasteiger partial charge in [0.05, 0.1) is 23.8 Å². The van der Waals surface area contributed by atoms with Crippen LogP contribution >= 0.6 is 0 Å². The molecule has 0 saturated carbocycles. The van der Waals surface area contributed by atoms with Crippen molar-refractivity contribution in [2.45, 2.75) is 0 Å². The van der Waals surface area contributed by atoms with Gasteiger partial charge in [-0.25, -0.2) is 4.98 Å². The van der Waals surface area contributed by atoms with Crippen molar-refractivity contribution in [3.05, 3.63) is 85.6 Å². The summed E-state index contributed by atoms with van der Waals surface area (Å²) in [4.78, 5) is 9.12. The number of fused-ring (bicyclic) bond motifs is 1. The van der Waals surface area contributed by atoms with Crippen molar-refractivity contribution < 1.29 is 0 Å². The minimum absolute atomic E-state index is 0.907. The number of hydrogen-bond donors (Lipinski definition) is 0. The van der Waals surface area contributed by atoms with Crippen LogP contribution in [0.3, 0.4) is 0 Å². The molecular weight excluding hydrogens is 334 g/mol. The number of imidazole rings is 1. The molecule has 1 aromatic carbocycles. The zero-order valence-electron chi connectivity index (χ0n) is 14.8. The Kier molecular flexibility index (Phi) is 3.57. The van der Waals surface area contributed by atoms with E-state index in [0.29, 0.717) is 0 Å². The maximum atomic E-state index is 4.61. The SMILES string of the molecule is Cn1cc(-c2ccn3c(-c4ccnc(-c5ccccc5)c4)cnc3c2)cn1. The molecule has 0 amide bonds. The molecule has 0 atom stereocenters. The van der Waals surface area contributed by atoms with Crippen molar-refractivity contribution >= 4 is 5.65 Å². The van der Waals surface area contributed by atoms with E-state index in [0.717, 1.165) is 39.3 Å². The van der Waals surface area contributed by atoms with Crippen molar-refractivity contribution in [3.8, 4) is 33.6 Å². The summed E-state index contributed by atoms with van der Waals surface area (Å²) >= 11 is 0. The van der Waals surface area contributed by atoms with Crippen LogP contribution in [0.5, 0.6) is 0 Å². The zero-order chi connectivity index (χ0) is 18.2. The standard InChI is InChI=1S/C22H17N5/c1-26-15-19(13-25-26)17-8-10-27-21(14-24-22(27)12-17)18-7-9-23-20(11-18)16-5-3-2-4-6-16/h2-15H,1H3. The monoisotopic (exact) mass is 351 g/mol. The van der Waals surface area contributed by atoms with Crippen LogP contribution in [0.15, 0.2) is 85.6 Å². The summed E-state index contributed by atoms with van der Waals surface area (Å²) < 4.78 is 3.91. The van der Waals surface area contributed by atoms with Gasteiger partial charge in [-0.15, -0.1) is 0 Å². The van der Waals surface area contributed by atoms with Crippen LogP contribution in [0.4, 0.5) is 0 Å². The highest BCUT2D eigenvalue weighted by Gasteiger charge is 2.10. The number of pyridine rings is 2. The minimum Gasteiger partial charge on any atom is -0.300 e. The van der Waals surface area contributed by atoms with E-state index in [2.05, 4.69) is 56.0 Å². The highest BCUT2D eigenvalue weighted by molar-refractivity contribution is 5.72. The Morgan fingerprint density at radius 2 is 1.67 bits per heavy atom. The predicted octanol–water partition coefficient (Wildman–Crippen LogP) is 4.46. The van der Waals surface area contributed by atoms with E-state index in [1.807, 2.05) is 56.1 Å². The summed E-state index contributed by atoms with van der Waals surface area (Å²) in [5.74, 6) is 0. The molecule has 0 aliphatic heterocycles. The molecule has 4 heterocycles. The van der Waals surface area contributed by atoms with Gasteiger partial charge in [-0.2, -0.15) is 5.10 Å². The van der Waals surface area contributed by atoms with Gasteiger partial charge in [0.2, 0.25) is 0 Å². The Morgan fingerprint density at radius 3 is 2.48 bits per heavy atom. The molecule has 0 radical (unpaired) electrons. The third kappa shape index (κ3) is 2.79. The van der Waals surface area contributed by atoms with E-state index >= 15 is 0 Å². The van der Waals surface area contributed by atoms with Crippen molar-refractivity contribution in [1.29, 1.82) is 0 Å². The molecule has 0 unspecified atom stereocenters. The maximum absolute atomic E-state index is 4.61. The molecule has 0 spiro atoms. The third-order valence-corrected chi connectivity index (χ3v) is 4.68. The first-order chi connectivity index (χ1) is 13.3. The number of aromatic nitrogens is 5. The molecule has 0 fully saturated rings. The zero-order valence-corrected chi connectivity index (χ0v) is 14.8. The molecule has 0 aliphatic rings. The molecule has 27 heavy (non-hydrogen) atoms. The summed E-state index contributed by atoms with van der Waals surface area (Å²) in [6.45, 7) is 0. The number of benzene rings is 1. The lowest BCUT2D eigenvalue weighted by atomic mass is 10.1. The highest BCUT2D eigenvalue weighted by Crippen LogP contribution is 2.27. The molecule has 130 valence electrons. The summed E-state index contributed by atoms with van der Waals surface area (Å²) in [5, 5.41) is 4.25. The van der Waals surface area contributed by atoms with E-state index in [1.165, 1.54) is 0 Å². The van der Waals surface area contributed by atoms with Crippen molar-refractivity contribution in [2.75, 3.05) is 0 Å². The van der Waals surface area contributed by atoms with Crippen LogP contribution in [-0.2, 0) is 7.05 Å². The van der Waals surface area contributed by atoms with Crippen molar-refractivity contribution in [2.24, 2.45) is 7.05 Å². The number of aryl methyl sites for hydroxylation is 1. The number of rotatable bonds is 3. The van der Waals surface area contributed by atoms with E-state index in [4.69, 9.17) is 0 Å². The highest BCUT2D eigenvalue weighted by atomic mass is 15.2. The van der Waals surface area contributed by atoms with Crippen LogP contribution in [0, 0.1) is 0 Å². The Morgan fingerprint density at radius 1 is 0.778 bits per heavy atom. The molecule has 0 aliphatic carbocycles. The molecule has 0 bridgehead atoms. The van der Waals surface area contributed by atoms with Gasteiger partial charge in [0.25, 0.3) is 0 Å². The normalized spacial score (nSPS) is 11.1.